The SMILES string of the molecule is CC(C)(C(=O)O)c1ccncn1. The molecule has 0 spiro atoms. The van der Waals surface area contributed by atoms with Crippen molar-refractivity contribution in [2.24, 2.45) is 0 Å². The van der Waals surface area contributed by atoms with Gasteiger partial charge < -0.3 is 5.11 Å². The van der Waals surface area contributed by atoms with Crippen molar-refractivity contribution in [2.45, 2.75) is 19.3 Å². The van der Waals surface area contributed by atoms with Crippen LogP contribution >= 0.6 is 0 Å². The van der Waals surface area contributed by atoms with E-state index in [0.29, 0.717) is 5.69 Å². The van der Waals surface area contributed by atoms with Gasteiger partial charge in [0, 0.05) is 6.20 Å². The standard InChI is InChI=1S/C8H10N2O2/c1-8(2,7(11)12)6-3-4-9-5-10-6/h3-5H,1-2H3,(H,11,12). The fourth-order valence-electron chi connectivity index (χ4n) is 0.770. The molecular formula is C8H10N2O2. The molecule has 0 aliphatic carbocycles. The van der Waals surface area contributed by atoms with E-state index in [9.17, 15) is 4.79 Å². The van der Waals surface area contributed by atoms with E-state index in [-0.39, 0.29) is 0 Å². The molecule has 0 unspecified atom stereocenters. The van der Waals surface area contributed by atoms with Gasteiger partial charge in [-0.05, 0) is 19.9 Å². The van der Waals surface area contributed by atoms with E-state index in [0.717, 1.165) is 0 Å². The lowest BCUT2D eigenvalue weighted by Crippen LogP contribution is -2.29. The Morgan fingerprint density at radius 2 is 2.25 bits per heavy atom. The Labute approximate surface area is 70.3 Å². The zero-order chi connectivity index (χ0) is 9.19. The molecule has 12 heavy (non-hydrogen) atoms. The first-order valence-corrected chi connectivity index (χ1v) is 3.55. The van der Waals surface area contributed by atoms with Gasteiger partial charge in [0.1, 0.15) is 11.7 Å². The Morgan fingerprint density at radius 1 is 1.58 bits per heavy atom. The van der Waals surface area contributed by atoms with Gasteiger partial charge in [0.25, 0.3) is 0 Å². The van der Waals surface area contributed by atoms with Gasteiger partial charge in [-0.15, -0.1) is 0 Å². The highest BCUT2D eigenvalue weighted by molar-refractivity contribution is 5.79. The van der Waals surface area contributed by atoms with E-state index in [1.165, 1.54) is 12.5 Å². The van der Waals surface area contributed by atoms with E-state index < -0.39 is 11.4 Å². The monoisotopic (exact) mass is 166 g/mol. The van der Waals surface area contributed by atoms with Crippen molar-refractivity contribution in [2.75, 3.05) is 0 Å². The Kier molecular flexibility index (Phi) is 2.08. The topological polar surface area (TPSA) is 63.1 Å². The number of aliphatic carboxylic acids is 1. The van der Waals surface area contributed by atoms with Crippen LogP contribution < -0.4 is 0 Å². The lowest BCUT2D eigenvalue weighted by atomic mass is 9.89. The van der Waals surface area contributed by atoms with Gasteiger partial charge in [-0.1, -0.05) is 0 Å². The average molecular weight is 166 g/mol. The summed E-state index contributed by atoms with van der Waals surface area (Å²) < 4.78 is 0. The number of carboxylic acids is 1. The minimum Gasteiger partial charge on any atom is -0.481 e. The lowest BCUT2D eigenvalue weighted by Gasteiger charge is -2.17. The second-order valence-electron chi connectivity index (χ2n) is 3.02. The average Bonchev–Trinajstić information content (AvgIpc) is 2.06. The molecule has 1 N–H and O–H groups in total. The molecule has 1 aromatic heterocycles. The summed E-state index contributed by atoms with van der Waals surface area (Å²) in [5.41, 5.74) is -0.423. The van der Waals surface area contributed by atoms with Gasteiger partial charge in [-0.3, -0.25) is 4.79 Å². The number of carbonyl (C=O) groups is 1. The van der Waals surface area contributed by atoms with E-state index in [4.69, 9.17) is 5.11 Å². The van der Waals surface area contributed by atoms with Crippen molar-refractivity contribution in [3.05, 3.63) is 24.3 Å². The van der Waals surface area contributed by atoms with Crippen molar-refractivity contribution in [1.29, 1.82) is 0 Å². The van der Waals surface area contributed by atoms with Crippen LogP contribution in [0.5, 0.6) is 0 Å². The van der Waals surface area contributed by atoms with Gasteiger partial charge in [0.2, 0.25) is 0 Å². The Morgan fingerprint density at radius 3 is 2.67 bits per heavy atom. The molecule has 4 heteroatoms. The van der Waals surface area contributed by atoms with Crippen molar-refractivity contribution in [1.82, 2.24) is 9.97 Å². The molecule has 0 aliphatic rings. The van der Waals surface area contributed by atoms with Crippen LogP contribution in [0.4, 0.5) is 0 Å². The minimum atomic E-state index is -0.942. The van der Waals surface area contributed by atoms with E-state index in [1.807, 2.05) is 0 Å². The van der Waals surface area contributed by atoms with Crippen molar-refractivity contribution in [3.8, 4) is 0 Å². The summed E-state index contributed by atoms with van der Waals surface area (Å²) in [4.78, 5) is 18.4. The van der Waals surface area contributed by atoms with Crippen LogP contribution in [0.15, 0.2) is 18.6 Å². The maximum absolute atomic E-state index is 10.8. The third-order valence-electron chi connectivity index (χ3n) is 1.76. The summed E-state index contributed by atoms with van der Waals surface area (Å²) in [6.45, 7) is 3.22. The molecule has 0 saturated heterocycles. The van der Waals surface area contributed by atoms with Crippen LogP contribution in [0.25, 0.3) is 0 Å². The molecule has 1 rings (SSSR count). The molecule has 4 nitrogen and oxygen atoms in total. The third-order valence-corrected chi connectivity index (χ3v) is 1.76. The molecule has 0 aliphatic heterocycles. The van der Waals surface area contributed by atoms with Gasteiger partial charge in [0.15, 0.2) is 0 Å². The maximum atomic E-state index is 10.8. The molecule has 0 amide bonds. The molecule has 0 aromatic carbocycles. The molecule has 1 aromatic rings. The number of hydrogen-bond donors (Lipinski definition) is 1. The second kappa shape index (κ2) is 2.89. The van der Waals surface area contributed by atoms with Crippen molar-refractivity contribution >= 4 is 5.97 Å². The first-order chi connectivity index (χ1) is 5.55. The predicted molar refractivity (Wildman–Crippen MR) is 42.7 cm³/mol. The number of carboxylic acid groups (broad SMARTS) is 1. The van der Waals surface area contributed by atoms with Crippen molar-refractivity contribution in [3.63, 3.8) is 0 Å². The highest BCUT2D eigenvalue weighted by atomic mass is 16.4. The van der Waals surface area contributed by atoms with Gasteiger partial charge in [-0.25, -0.2) is 9.97 Å². The highest BCUT2D eigenvalue weighted by Crippen LogP contribution is 2.19. The Balaban J connectivity index is 3.06. The van der Waals surface area contributed by atoms with E-state index in [2.05, 4.69) is 9.97 Å². The van der Waals surface area contributed by atoms with Crippen LogP contribution in [0, 0.1) is 0 Å². The fourth-order valence-corrected chi connectivity index (χ4v) is 0.770. The van der Waals surface area contributed by atoms with Crippen LogP contribution in [0.2, 0.25) is 0 Å². The zero-order valence-electron chi connectivity index (χ0n) is 6.98. The summed E-state index contributed by atoms with van der Waals surface area (Å²) >= 11 is 0. The van der Waals surface area contributed by atoms with Crippen molar-refractivity contribution < 1.29 is 9.90 Å². The molecule has 1 heterocycles. The molecule has 0 saturated carbocycles. The Bertz CT molecular complexity index is 282. The number of hydrogen-bond acceptors (Lipinski definition) is 3. The summed E-state index contributed by atoms with van der Waals surface area (Å²) in [5.74, 6) is -0.888. The fraction of sp³-hybridized carbons (Fsp3) is 0.375. The normalized spacial score (nSPS) is 11.2. The largest absolute Gasteiger partial charge is 0.481 e. The van der Waals surface area contributed by atoms with E-state index >= 15 is 0 Å². The predicted octanol–water partition coefficient (Wildman–Crippen LogP) is 0.839. The first-order valence-electron chi connectivity index (χ1n) is 3.55. The van der Waals surface area contributed by atoms with Gasteiger partial charge in [0.05, 0.1) is 5.69 Å². The van der Waals surface area contributed by atoms with Crippen LogP contribution in [0.3, 0.4) is 0 Å². The Hall–Kier alpha value is -1.45. The highest BCUT2D eigenvalue weighted by Gasteiger charge is 2.30. The van der Waals surface area contributed by atoms with E-state index in [1.54, 1.807) is 19.9 Å². The van der Waals surface area contributed by atoms with Crippen LogP contribution in [-0.4, -0.2) is 21.0 Å². The maximum Gasteiger partial charge on any atom is 0.315 e. The molecule has 0 radical (unpaired) electrons. The van der Waals surface area contributed by atoms with Crippen LogP contribution in [0.1, 0.15) is 19.5 Å². The molecule has 0 atom stereocenters. The summed E-state index contributed by atoms with van der Waals surface area (Å²) in [6, 6.07) is 1.61. The minimum absolute atomic E-state index is 0.519. The molecule has 0 bridgehead atoms. The quantitative estimate of drug-likeness (QED) is 0.707. The molecule has 0 fully saturated rings. The lowest BCUT2D eigenvalue weighted by molar-refractivity contribution is -0.142. The summed E-state index contributed by atoms with van der Waals surface area (Å²) in [5, 5.41) is 8.83. The first kappa shape index (κ1) is 8.64. The number of rotatable bonds is 2. The molecule has 64 valence electrons. The second-order valence-corrected chi connectivity index (χ2v) is 3.02. The zero-order valence-corrected chi connectivity index (χ0v) is 6.98. The van der Waals surface area contributed by atoms with Gasteiger partial charge >= 0.3 is 5.97 Å². The number of nitrogens with zero attached hydrogens (tertiary/aromatic N) is 2. The van der Waals surface area contributed by atoms with Crippen LogP contribution in [-0.2, 0) is 10.2 Å². The molecular weight excluding hydrogens is 156 g/mol. The number of aromatic nitrogens is 2. The summed E-state index contributed by atoms with van der Waals surface area (Å²) in [6.07, 6.45) is 2.88. The smallest absolute Gasteiger partial charge is 0.315 e. The third kappa shape index (κ3) is 1.42. The van der Waals surface area contributed by atoms with Gasteiger partial charge in [-0.2, -0.15) is 0 Å². The summed E-state index contributed by atoms with van der Waals surface area (Å²) in [7, 11) is 0.